The Kier molecular flexibility index (Phi) is 6.11. The van der Waals surface area contributed by atoms with Crippen molar-refractivity contribution in [2.24, 2.45) is 0 Å². The van der Waals surface area contributed by atoms with Crippen LogP contribution in [0.5, 0.6) is 0 Å². The first kappa shape index (κ1) is 20.6. The summed E-state index contributed by atoms with van der Waals surface area (Å²) in [5.41, 5.74) is 0.869. The van der Waals surface area contributed by atoms with Crippen molar-refractivity contribution in [2.75, 3.05) is 0 Å². The molecule has 0 amide bonds. The summed E-state index contributed by atoms with van der Waals surface area (Å²) < 4.78 is 0. The lowest BCUT2D eigenvalue weighted by atomic mass is 9.99. The van der Waals surface area contributed by atoms with E-state index in [1.165, 1.54) is 6.07 Å². The Hall–Kier alpha value is -3.72. The highest BCUT2D eigenvalue weighted by Crippen LogP contribution is 2.24. The van der Waals surface area contributed by atoms with Gasteiger partial charge in [0.05, 0.1) is 12.1 Å². The average molecular weight is 404 g/mol. The maximum absolute atomic E-state index is 11.3. The topological polar surface area (TPSA) is 143 Å². The number of halogens is 1. The van der Waals surface area contributed by atoms with Crippen LogP contribution in [0, 0.1) is 0 Å². The van der Waals surface area contributed by atoms with Gasteiger partial charge in [0, 0.05) is 0 Å². The fraction of sp³-hybridized carbons (Fsp3) is 0.0556. The number of aromatic nitrogens is 3. The van der Waals surface area contributed by atoms with Gasteiger partial charge in [0.1, 0.15) is 0 Å². The van der Waals surface area contributed by atoms with E-state index in [2.05, 4.69) is 10.2 Å². The van der Waals surface area contributed by atoms with Gasteiger partial charge in [0.25, 0.3) is 0 Å². The molecule has 3 rings (SSSR count). The molecular weight excluding hydrogens is 390 g/mol. The van der Waals surface area contributed by atoms with Crippen molar-refractivity contribution in [1.82, 2.24) is 15.0 Å². The summed E-state index contributed by atoms with van der Waals surface area (Å²) in [6.45, 7) is 0.0639. The third-order valence-corrected chi connectivity index (χ3v) is 3.81. The zero-order valence-electron chi connectivity index (χ0n) is 14.1. The van der Waals surface area contributed by atoms with E-state index in [1.54, 1.807) is 42.5 Å². The number of carboxylic acids is 3. The highest BCUT2D eigenvalue weighted by atomic mass is 35.5. The molecule has 0 radical (unpaired) electrons. The summed E-state index contributed by atoms with van der Waals surface area (Å²) in [6, 6.07) is 13.4. The molecule has 0 spiro atoms. The van der Waals surface area contributed by atoms with E-state index in [1.807, 2.05) is 0 Å². The first-order valence-corrected chi connectivity index (χ1v) is 7.70. The van der Waals surface area contributed by atoms with E-state index in [9.17, 15) is 19.5 Å². The molecule has 10 heteroatoms. The number of hydrogen-bond donors (Lipinski definition) is 3. The smallest absolute Gasteiger partial charge is 0.359 e. The Morgan fingerprint density at radius 2 is 1.32 bits per heavy atom. The molecule has 2 aromatic carbocycles. The number of benzene rings is 2. The molecule has 3 aromatic rings. The van der Waals surface area contributed by atoms with Gasteiger partial charge in [-0.1, -0.05) is 42.5 Å². The number of hydrogen-bond acceptors (Lipinski definition) is 5. The molecule has 0 saturated heterocycles. The van der Waals surface area contributed by atoms with Crippen LogP contribution in [-0.2, 0) is 6.54 Å². The summed E-state index contributed by atoms with van der Waals surface area (Å²) in [7, 11) is 0. The predicted molar refractivity (Wildman–Crippen MR) is 99.1 cm³/mol. The number of carbonyl (C=O) groups is 3. The highest BCUT2D eigenvalue weighted by Gasteiger charge is 2.23. The van der Waals surface area contributed by atoms with Crippen LogP contribution in [0.4, 0.5) is 0 Å². The van der Waals surface area contributed by atoms with Crippen molar-refractivity contribution >= 4 is 30.3 Å². The molecule has 0 atom stereocenters. The summed E-state index contributed by atoms with van der Waals surface area (Å²) in [5, 5.41) is 34.7. The number of carboxylic acid groups (broad SMARTS) is 3. The van der Waals surface area contributed by atoms with Crippen molar-refractivity contribution in [3.8, 4) is 11.1 Å². The van der Waals surface area contributed by atoms with Crippen molar-refractivity contribution in [3.63, 3.8) is 0 Å². The van der Waals surface area contributed by atoms with Crippen molar-refractivity contribution in [3.05, 3.63) is 71.0 Å². The van der Waals surface area contributed by atoms with Gasteiger partial charge in [-0.05, 0) is 22.8 Å². The Morgan fingerprint density at radius 3 is 1.82 bits per heavy atom. The molecule has 0 saturated carbocycles. The van der Waals surface area contributed by atoms with Crippen molar-refractivity contribution in [2.45, 2.75) is 6.54 Å². The number of aromatic carboxylic acids is 3. The van der Waals surface area contributed by atoms with Crippen LogP contribution >= 0.6 is 12.4 Å². The zero-order chi connectivity index (χ0) is 19.6. The molecule has 9 nitrogen and oxygen atoms in total. The SMILES string of the molecule is Cl.O=C(O)c1ccccc1-c1ccc(Cn2nc(C(=O)O)c(C(=O)O)n2)cc1. The lowest BCUT2D eigenvalue weighted by molar-refractivity contribution is 0.0644. The maximum atomic E-state index is 11.3. The average Bonchev–Trinajstić information content (AvgIpc) is 3.07. The summed E-state index contributed by atoms with van der Waals surface area (Å²) in [6.07, 6.45) is 0. The summed E-state index contributed by atoms with van der Waals surface area (Å²) in [5.74, 6) is -3.98. The molecule has 0 aliphatic carbocycles. The summed E-state index contributed by atoms with van der Waals surface area (Å²) >= 11 is 0. The third-order valence-electron chi connectivity index (χ3n) is 3.81. The van der Waals surface area contributed by atoms with Crippen LogP contribution < -0.4 is 0 Å². The van der Waals surface area contributed by atoms with E-state index in [0.29, 0.717) is 16.7 Å². The van der Waals surface area contributed by atoms with Crippen molar-refractivity contribution < 1.29 is 29.7 Å². The van der Waals surface area contributed by atoms with Gasteiger partial charge >= 0.3 is 17.9 Å². The van der Waals surface area contributed by atoms with Crippen LogP contribution in [0.3, 0.4) is 0 Å². The van der Waals surface area contributed by atoms with Gasteiger partial charge in [-0.15, -0.1) is 22.6 Å². The monoisotopic (exact) mass is 403 g/mol. The minimum Gasteiger partial charge on any atom is -0.478 e. The lowest BCUT2D eigenvalue weighted by Crippen LogP contribution is -2.07. The molecule has 0 aliphatic heterocycles. The van der Waals surface area contributed by atoms with Gasteiger partial charge in [0.15, 0.2) is 0 Å². The van der Waals surface area contributed by atoms with Gasteiger partial charge in [-0.25, -0.2) is 14.4 Å². The van der Waals surface area contributed by atoms with Crippen LogP contribution in [0.2, 0.25) is 0 Å². The predicted octanol–water partition coefficient (Wildman–Crippen LogP) is 2.51. The largest absolute Gasteiger partial charge is 0.478 e. The minimum atomic E-state index is -1.47. The normalized spacial score (nSPS) is 10.1. The Balaban J connectivity index is 0.00000280. The van der Waals surface area contributed by atoms with Crippen LogP contribution in [-0.4, -0.2) is 48.2 Å². The first-order chi connectivity index (χ1) is 12.9. The summed E-state index contributed by atoms with van der Waals surface area (Å²) in [4.78, 5) is 34.4. The third kappa shape index (κ3) is 4.15. The molecule has 3 N–H and O–H groups in total. The fourth-order valence-corrected chi connectivity index (χ4v) is 2.58. The standard InChI is InChI=1S/C18H13N3O6.ClH/c22-16(23)13-4-2-1-3-12(13)11-7-5-10(6-8-11)9-21-19-14(17(24)25)15(20-21)18(26)27;/h1-8H,9H2,(H,22,23)(H,24,25)(H,26,27);1H. The van der Waals surface area contributed by atoms with E-state index < -0.39 is 29.3 Å². The van der Waals surface area contributed by atoms with Gasteiger partial charge in [0.2, 0.25) is 11.4 Å². The molecule has 0 fully saturated rings. The molecule has 28 heavy (non-hydrogen) atoms. The lowest BCUT2D eigenvalue weighted by Gasteiger charge is -2.07. The molecular formula is C18H14ClN3O6. The van der Waals surface area contributed by atoms with Crippen molar-refractivity contribution in [1.29, 1.82) is 0 Å². The first-order valence-electron chi connectivity index (χ1n) is 7.70. The second kappa shape index (κ2) is 8.31. The Bertz CT molecular complexity index is 1010. The number of rotatable bonds is 6. The van der Waals surface area contributed by atoms with E-state index in [-0.39, 0.29) is 24.5 Å². The van der Waals surface area contributed by atoms with Crippen LogP contribution in [0.1, 0.15) is 36.9 Å². The van der Waals surface area contributed by atoms with Gasteiger partial charge in [-0.3, -0.25) is 0 Å². The minimum absolute atomic E-state index is 0. The molecule has 144 valence electrons. The zero-order valence-corrected chi connectivity index (χ0v) is 15.0. The maximum Gasteiger partial charge on any atom is 0.359 e. The second-order valence-corrected chi connectivity index (χ2v) is 5.59. The molecule has 0 unspecified atom stereocenters. The molecule has 1 aromatic heterocycles. The molecule has 0 aliphatic rings. The van der Waals surface area contributed by atoms with E-state index in [0.717, 1.165) is 4.80 Å². The molecule has 1 heterocycles. The Morgan fingerprint density at radius 1 is 0.786 bits per heavy atom. The van der Waals surface area contributed by atoms with Crippen LogP contribution in [0.25, 0.3) is 11.1 Å². The fourth-order valence-electron chi connectivity index (χ4n) is 2.58. The van der Waals surface area contributed by atoms with Gasteiger partial charge in [-0.2, -0.15) is 4.80 Å². The molecule has 0 bridgehead atoms. The van der Waals surface area contributed by atoms with Crippen LogP contribution in [0.15, 0.2) is 48.5 Å². The van der Waals surface area contributed by atoms with E-state index >= 15 is 0 Å². The quantitative estimate of drug-likeness (QED) is 0.569. The number of nitrogens with zero attached hydrogens (tertiary/aromatic N) is 3. The second-order valence-electron chi connectivity index (χ2n) is 5.59. The Labute approximate surface area is 164 Å². The van der Waals surface area contributed by atoms with Gasteiger partial charge < -0.3 is 15.3 Å². The highest BCUT2D eigenvalue weighted by molar-refractivity contribution is 5.98. The van der Waals surface area contributed by atoms with E-state index in [4.69, 9.17) is 10.2 Å².